The molecule has 1 unspecified atom stereocenters. The molecule has 1 aliphatic heterocycles. The Morgan fingerprint density at radius 3 is 2.76 bits per heavy atom. The summed E-state index contributed by atoms with van der Waals surface area (Å²) < 4.78 is 10.7. The average Bonchev–Trinajstić information content (AvgIpc) is 2.74. The van der Waals surface area contributed by atoms with Crippen LogP contribution in [0.5, 0.6) is 5.75 Å². The van der Waals surface area contributed by atoms with Gasteiger partial charge >= 0.3 is 5.97 Å². The summed E-state index contributed by atoms with van der Waals surface area (Å²) in [5.41, 5.74) is 1.04. The maximum absolute atomic E-state index is 12.6. The molecule has 0 spiro atoms. The van der Waals surface area contributed by atoms with E-state index in [1.807, 2.05) is 31.2 Å². The van der Waals surface area contributed by atoms with E-state index in [4.69, 9.17) is 9.47 Å². The SMILES string of the molecule is CCOc1ccc(Nc2ncccc2C(=O)OCC(=O)N2CCCC(C)C2)cc1. The van der Waals surface area contributed by atoms with Gasteiger partial charge in [-0.25, -0.2) is 9.78 Å². The van der Waals surface area contributed by atoms with Gasteiger partial charge in [-0.2, -0.15) is 0 Å². The van der Waals surface area contributed by atoms with Crippen LogP contribution in [0.15, 0.2) is 42.6 Å². The first-order chi connectivity index (χ1) is 14.1. The van der Waals surface area contributed by atoms with Gasteiger partial charge in [-0.1, -0.05) is 6.92 Å². The van der Waals surface area contributed by atoms with Gasteiger partial charge in [0.2, 0.25) is 0 Å². The Kier molecular flexibility index (Phi) is 7.05. The lowest BCUT2D eigenvalue weighted by atomic mass is 10.0. The Morgan fingerprint density at radius 1 is 1.24 bits per heavy atom. The van der Waals surface area contributed by atoms with Crippen LogP contribution in [-0.4, -0.2) is 48.1 Å². The number of nitrogens with zero attached hydrogens (tertiary/aromatic N) is 2. The highest BCUT2D eigenvalue weighted by Crippen LogP contribution is 2.22. The van der Waals surface area contributed by atoms with Crippen molar-refractivity contribution in [1.82, 2.24) is 9.88 Å². The molecule has 1 aromatic carbocycles. The third kappa shape index (κ3) is 5.70. The number of esters is 1. The van der Waals surface area contributed by atoms with Crippen molar-refractivity contribution >= 4 is 23.4 Å². The molecule has 1 aromatic heterocycles. The number of carbonyl (C=O) groups excluding carboxylic acids is 2. The maximum atomic E-state index is 12.6. The van der Waals surface area contributed by atoms with E-state index in [0.717, 1.165) is 30.8 Å². The lowest BCUT2D eigenvalue weighted by Crippen LogP contribution is -2.41. The average molecular weight is 397 g/mol. The van der Waals surface area contributed by atoms with E-state index in [0.29, 0.717) is 24.9 Å². The van der Waals surface area contributed by atoms with Gasteiger partial charge in [-0.3, -0.25) is 4.79 Å². The van der Waals surface area contributed by atoms with E-state index in [9.17, 15) is 9.59 Å². The van der Waals surface area contributed by atoms with Crippen molar-refractivity contribution in [2.45, 2.75) is 26.7 Å². The standard InChI is InChI=1S/C22H27N3O4/c1-3-28-18-10-8-17(9-11-18)24-21-19(7-4-12-23-21)22(27)29-15-20(26)25-13-5-6-16(2)14-25/h4,7-12,16H,3,5-6,13-15H2,1-2H3,(H,23,24). The van der Waals surface area contributed by atoms with E-state index in [1.165, 1.54) is 0 Å². The predicted octanol–water partition coefficient (Wildman–Crippen LogP) is 3.64. The second kappa shape index (κ2) is 9.91. The number of pyridine rings is 1. The van der Waals surface area contributed by atoms with Crippen LogP contribution in [0.25, 0.3) is 0 Å². The van der Waals surface area contributed by atoms with Crippen molar-refractivity contribution in [3.8, 4) is 5.75 Å². The number of rotatable bonds is 7. The summed E-state index contributed by atoms with van der Waals surface area (Å²) >= 11 is 0. The lowest BCUT2D eigenvalue weighted by molar-refractivity contribution is -0.136. The fraction of sp³-hybridized carbons (Fsp3) is 0.409. The van der Waals surface area contributed by atoms with Gasteiger partial charge < -0.3 is 19.7 Å². The van der Waals surface area contributed by atoms with Crippen molar-refractivity contribution in [3.63, 3.8) is 0 Å². The molecule has 2 heterocycles. The summed E-state index contributed by atoms with van der Waals surface area (Å²) in [5.74, 6) is 0.886. The molecule has 29 heavy (non-hydrogen) atoms. The summed E-state index contributed by atoms with van der Waals surface area (Å²) in [6, 6.07) is 10.6. The highest BCUT2D eigenvalue weighted by Gasteiger charge is 2.23. The Balaban J connectivity index is 1.61. The Labute approximate surface area is 171 Å². The minimum Gasteiger partial charge on any atom is -0.494 e. The summed E-state index contributed by atoms with van der Waals surface area (Å²) in [6.45, 7) is 5.82. The van der Waals surface area contributed by atoms with Crippen molar-refractivity contribution < 1.29 is 19.1 Å². The van der Waals surface area contributed by atoms with Gasteiger partial charge in [0.1, 0.15) is 17.1 Å². The molecular weight excluding hydrogens is 370 g/mol. The third-order valence-electron chi connectivity index (χ3n) is 4.79. The van der Waals surface area contributed by atoms with Gasteiger partial charge in [0.05, 0.1) is 6.61 Å². The molecule has 2 aromatic rings. The normalized spacial score (nSPS) is 16.2. The number of amides is 1. The van der Waals surface area contributed by atoms with Crippen LogP contribution in [0, 0.1) is 5.92 Å². The van der Waals surface area contributed by atoms with Gasteiger partial charge in [0.15, 0.2) is 6.61 Å². The summed E-state index contributed by atoms with van der Waals surface area (Å²) in [4.78, 5) is 30.9. The van der Waals surface area contributed by atoms with E-state index < -0.39 is 5.97 Å². The van der Waals surface area contributed by atoms with Gasteiger partial charge in [-0.15, -0.1) is 0 Å². The van der Waals surface area contributed by atoms with Crippen molar-refractivity contribution in [3.05, 3.63) is 48.2 Å². The highest BCUT2D eigenvalue weighted by molar-refractivity contribution is 5.96. The first kappa shape index (κ1) is 20.6. The fourth-order valence-electron chi connectivity index (χ4n) is 3.32. The number of carbonyl (C=O) groups is 2. The molecule has 1 N–H and O–H groups in total. The predicted molar refractivity (Wildman–Crippen MR) is 110 cm³/mol. The Morgan fingerprint density at radius 2 is 2.03 bits per heavy atom. The van der Waals surface area contributed by atoms with Crippen LogP contribution in [0.4, 0.5) is 11.5 Å². The van der Waals surface area contributed by atoms with Crippen molar-refractivity contribution in [2.24, 2.45) is 5.92 Å². The van der Waals surface area contributed by atoms with Crippen LogP contribution in [-0.2, 0) is 9.53 Å². The molecule has 1 amide bonds. The van der Waals surface area contributed by atoms with Crippen LogP contribution in [0.2, 0.25) is 0 Å². The smallest absolute Gasteiger partial charge is 0.342 e. The molecule has 7 heteroatoms. The molecule has 0 aliphatic carbocycles. The number of benzene rings is 1. The van der Waals surface area contributed by atoms with Crippen LogP contribution < -0.4 is 10.1 Å². The zero-order chi connectivity index (χ0) is 20.6. The fourth-order valence-corrected chi connectivity index (χ4v) is 3.32. The Bertz CT molecular complexity index is 838. The molecular formula is C22H27N3O4. The number of aromatic nitrogens is 1. The number of piperidine rings is 1. The molecule has 7 nitrogen and oxygen atoms in total. The largest absolute Gasteiger partial charge is 0.494 e. The highest BCUT2D eigenvalue weighted by atomic mass is 16.5. The zero-order valence-electron chi connectivity index (χ0n) is 16.9. The van der Waals surface area contributed by atoms with Gasteiger partial charge in [0.25, 0.3) is 5.91 Å². The molecule has 1 atom stereocenters. The van der Waals surface area contributed by atoms with Crippen LogP contribution >= 0.6 is 0 Å². The first-order valence-corrected chi connectivity index (χ1v) is 9.96. The quantitative estimate of drug-likeness (QED) is 0.719. The monoisotopic (exact) mass is 397 g/mol. The number of likely N-dealkylation sites (tertiary alicyclic amines) is 1. The molecule has 0 radical (unpaired) electrons. The maximum Gasteiger partial charge on any atom is 0.342 e. The molecule has 1 fully saturated rings. The van der Waals surface area contributed by atoms with Crippen LogP contribution in [0.1, 0.15) is 37.0 Å². The number of anilines is 2. The topological polar surface area (TPSA) is 80.8 Å². The van der Waals surface area contributed by atoms with E-state index in [-0.39, 0.29) is 18.1 Å². The Hall–Kier alpha value is -3.09. The van der Waals surface area contributed by atoms with E-state index in [2.05, 4.69) is 17.2 Å². The molecule has 1 saturated heterocycles. The first-order valence-electron chi connectivity index (χ1n) is 9.96. The summed E-state index contributed by atoms with van der Waals surface area (Å²) in [5, 5.41) is 3.12. The number of hydrogen-bond donors (Lipinski definition) is 1. The van der Waals surface area contributed by atoms with Crippen LogP contribution in [0.3, 0.4) is 0 Å². The number of nitrogens with one attached hydrogen (secondary N) is 1. The number of ether oxygens (including phenoxy) is 2. The summed E-state index contributed by atoms with van der Waals surface area (Å²) in [6.07, 6.45) is 3.70. The molecule has 0 bridgehead atoms. The minimum atomic E-state index is -0.579. The van der Waals surface area contributed by atoms with E-state index in [1.54, 1.807) is 23.2 Å². The molecule has 0 saturated carbocycles. The molecule has 3 rings (SSSR count). The van der Waals surface area contributed by atoms with Gasteiger partial charge in [-0.05, 0) is 62.1 Å². The number of hydrogen-bond acceptors (Lipinski definition) is 6. The zero-order valence-corrected chi connectivity index (χ0v) is 16.9. The second-order valence-electron chi connectivity index (χ2n) is 7.15. The lowest BCUT2D eigenvalue weighted by Gasteiger charge is -2.30. The molecule has 154 valence electrons. The summed E-state index contributed by atoms with van der Waals surface area (Å²) in [7, 11) is 0. The third-order valence-corrected chi connectivity index (χ3v) is 4.79. The minimum absolute atomic E-state index is 0.158. The van der Waals surface area contributed by atoms with E-state index >= 15 is 0 Å². The van der Waals surface area contributed by atoms with Crippen molar-refractivity contribution in [2.75, 3.05) is 31.6 Å². The van der Waals surface area contributed by atoms with Crippen molar-refractivity contribution in [1.29, 1.82) is 0 Å². The van der Waals surface area contributed by atoms with Gasteiger partial charge in [0, 0.05) is 25.0 Å². The second-order valence-corrected chi connectivity index (χ2v) is 7.15. The molecule has 1 aliphatic rings.